The first kappa shape index (κ1) is 15.6. The molecule has 6 heteroatoms. The van der Waals surface area contributed by atoms with Gasteiger partial charge in [-0.1, -0.05) is 6.92 Å². The second-order valence-corrected chi connectivity index (χ2v) is 5.51. The van der Waals surface area contributed by atoms with Gasteiger partial charge in [-0.2, -0.15) is 0 Å². The molecule has 1 aliphatic rings. The molecule has 2 atom stereocenters. The van der Waals surface area contributed by atoms with E-state index in [2.05, 4.69) is 17.1 Å². The largest absolute Gasteiger partial charge is 0.385 e. The Morgan fingerprint density at radius 2 is 2.24 bits per heavy atom. The average molecular weight is 293 g/mol. The summed E-state index contributed by atoms with van der Waals surface area (Å²) in [4.78, 5) is 12.9. The Balaban J connectivity index is 2.27. The molecule has 2 unspecified atom stereocenters. The fraction of sp³-hybridized carbons (Fsp3) is 0.600. The Kier molecular flexibility index (Phi) is 5.01. The summed E-state index contributed by atoms with van der Waals surface area (Å²) < 4.78 is 5.52. The van der Waals surface area contributed by atoms with Gasteiger partial charge in [-0.3, -0.25) is 10.1 Å². The van der Waals surface area contributed by atoms with Crippen LogP contribution in [0.25, 0.3) is 0 Å². The number of hydrogen-bond acceptors (Lipinski definition) is 5. The topological polar surface area (TPSA) is 67.6 Å². The van der Waals surface area contributed by atoms with E-state index in [1.807, 2.05) is 13.0 Å². The first-order chi connectivity index (χ1) is 10.0. The van der Waals surface area contributed by atoms with Gasteiger partial charge in [-0.15, -0.1) is 0 Å². The molecule has 0 amide bonds. The second-order valence-electron chi connectivity index (χ2n) is 5.51. The fourth-order valence-electron chi connectivity index (χ4n) is 2.76. The molecule has 0 saturated carbocycles. The maximum atomic E-state index is 11.1. The summed E-state index contributed by atoms with van der Waals surface area (Å²) in [5.41, 5.74) is 1.79. The van der Waals surface area contributed by atoms with Crippen molar-refractivity contribution in [3.8, 4) is 0 Å². The zero-order valence-corrected chi connectivity index (χ0v) is 12.8. The number of benzene rings is 1. The van der Waals surface area contributed by atoms with Crippen molar-refractivity contribution in [2.24, 2.45) is 5.92 Å². The number of hydrogen-bond donors (Lipinski definition) is 1. The van der Waals surface area contributed by atoms with E-state index in [-0.39, 0.29) is 16.7 Å². The lowest BCUT2D eigenvalue weighted by molar-refractivity contribution is -0.384. The van der Waals surface area contributed by atoms with Crippen molar-refractivity contribution in [3.63, 3.8) is 0 Å². The number of anilines is 2. The summed E-state index contributed by atoms with van der Waals surface area (Å²) in [6.45, 7) is 6.56. The molecule has 116 valence electrons. The highest BCUT2D eigenvalue weighted by Gasteiger charge is 2.27. The number of piperidine rings is 1. The third kappa shape index (κ3) is 3.64. The molecule has 1 saturated heterocycles. The smallest absolute Gasteiger partial charge is 0.273 e. The molecule has 0 radical (unpaired) electrons. The lowest BCUT2D eigenvalue weighted by atomic mass is 9.95. The van der Waals surface area contributed by atoms with Gasteiger partial charge in [-0.05, 0) is 25.3 Å². The maximum absolute atomic E-state index is 11.1. The van der Waals surface area contributed by atoms with Crippen LogP contribution in [0.5, 0.6) is 0 Å². The van der Waals surface area contributed by atoms with Crippen LogP contribution in [0.1, 0.15) is 20.3 Å². The number of methoxy groups -OCH3 is 1. The summed E-state index contributed by atoms with van der Waals surface area (Å²) in [7, 11) is 1.72. The van der Waals surface area contributed by atoms with Gasteiger partial charge in [0.05, 0.1) is 11.0 Å². The number of nitro benzene ring substituents is 1. The van der Waals surface area contributed by atoms with Crippen LogP contribution < -0.4 is 10.2 Å². The highest BCUT2D eigenvalue weighted by atomic mass is 16.6. The van der Waals surface area contributed by atoms with E-state index < -0.39 is 0 Å². The van der Waals surface area contributed by atoms with Crippen molar-refractivity contribution in [2.75, 3.05) is 37.0 Å². The van der Waals surface area contributed by atoms with Gasteiger partial charge in [0.15, 0.2) is 0 Å². The molecule has 6 nitrogen and oxygen atoms in total. The molecule has 0 aliphatic carbocycles. The summed E-state index contributed by atoms with van der Waals surface area (Å²) >= 11 is 0. The van der Waals surface area contributed by atoms with Crippen LogP contribution in [0, 0.1) is 16.0 Å². The van der Waals surface area contributed by atoms with Gasteiger partial charge >= 0.3 is 0 Å². The molecular formula is C15H23N3O3. The van der Waals surface area contributed by atoms with Crippen LogP contribution in [0.15, 0.2) is 18.2 Å². The molecule has 1 heterocycles. The molecule has 0 spiro atoms. The Morgan fingerprint density at radius 1 is 1.48 bits per heavy atom. The van der Waals surface area contributed by atoms with E-state index in [0.29, 0.717) is 5.92 Å². The number of nitrogens with zero attached hydrogens (tertiary/aromatic N) is 2. The van der Waals surface area contributed by atoms with Crippen LogP contribution in [-0.2, 0) is 4.74 Å². The molecular weight excluding hydrogens is 270 g/mol. The first-order valence-corrected chi connectivity index (χ1v) is 7.36. The predicted octanol–water partition coefficient (Wildman–Crippen LogP) is 2.89. The maximum Gasteiger partial charge on any atom is 0.273 e. The molecule has 1 aromatic carbocycles. The van der Waals surface area contributed by atoms with Crippen LogP contribution >= 0.6 is 0 Å². The van der Waals surface area contributed by atoms with E-state index in [0.717, 1.165) is 37.4 Å². The Labute approximate surface area is 125 Å². The minimum atomic E-state index is -0.343. The first-order valence-electron chi connectivity index (χ1n) is 7.36. The number of nitro groups is 1. The highest BCUT2D eigenvalue weighted by molar-refractivity contribution is 5.64. The highest BCUT2D eigenvalue weighted by Crippen LogP contribution is 2.30. The third-order valence-corrected chi connectivity index (χ3v) is 4.05. The summed E-state index contributed by atoms with van der Waals surface area (Å²) in [5, 5.41) is 14.3. The van der Waals surface area contributed by atoms with Crippen LogP contribution in [0.3, 0.4) is 0 Å². The SMILES string of the molecule is CCNc1cc(N2CCC(C)C(OC)C2)cc([N+](=O)[O-])c1. The van der Waals surface area contributed by atoms with E-state index in [9.17, 15) is 10.1 Å². The van der Waals surface area contributed by atoms with Gasteiger partial charge in [0, 0.05) is 50.3 Å². The van der Waals surface area contributed by atoms with Gasteiger partial charge in [0.1, 0.15) is 0 Å². The standard InChI is InChI=1S/C15H23N3O3/c1-4-16-12-7-13(9-14(8-12)18(19)20)17-6-5-11(2)15(10-17)21-3/h7-9,11,15-16H,4-6,10H2,1-3H3. The number of non-ortho nitro benzene ring substituents is 1. The van der Waals surface area contributed by atoms with Gasteiger partial charge in [0.25, 0.3) is 5.69 Å². The lowest BCUT2D eigenvalue weighted by Crippen LogP contribution is -2.43. The molecule has 1 N–H and O–H groups in total. The number of rotatable bonds is 5. The molecule has 1 aromatic rings. The third-order valence-electron chi connectivity index (χ3n) is 4.05. The van der Waals surface area contributed by atoms with Crippen molar-refractivity contribution >= 4 is 17.1 Å². The van der Waals surface area contributed by atoms with Crippen molar-refractivity contribution in [2.45, 2.75) is 26.4 Å². The molecule has 0 bridgehead atoms. The van der Waals surface area contributed by atoms with E-state index in [4.69, 9.17) is 4.74 Å². The monoisotopic (exact) mass is 293 g/mol. The van der Waals surface area contributed by atoms with E-state index in [1.54, 1.807) is 19.2 Å². The minimum absolute atomic E-state index is 0.121. The van der Waals surface area contributed by atoms with Crippen LogP contribution in [-0.4, -0.2) is 37.8 Å². The molecule has 1 fully saturated rings. The molecule has 2 rings (SSSR count). The number of ether oxygens (including phenoxy) is 1. The Hall–Kier alpha value is -1.82. The van der Waals surface area contributed by atoms with Crippen molar-refractivity contribution in [1.82, 2.24) is 0 Å². The summed E-state index contributed by atoms with van der Waals surface area (Å²) in [5.74, 6) is 0.512. The lowest BCUT2D eigenvalue weighted by Gasteiger charge is -2.37. The fourth-order valence-corrected chi connectivity index (χ4v) is 2.76. The molecule has 1 aliphatic heterocycles. The van der Waals surface area contributed by atoms with Gasteiger partial charge in [-0.25, -0.2) is 0 Å². The predicted molar refractivity (Wildman–Crippen MR) is 84.1 cm³/mol. The second kappa shape index (κ2) is 6.76. The Bertz CT molecular complexity index is 507. The zero-order chi connectivity index (χ0) is 15.4. The quantitative estimate of drug-likeness (QED) is 0.668. The van der Waals surface area contributed by atoms with Gasteiger partial charge < -0.3 is 15.0 Å². The number of nitrogens with one attached hydrogen (secondary N) is 1. The van der Waals surface area contributed by atoms with Crippen molar-refractivity contribution < 1.29 is 9.66 Å². The van der Waals surface area contributed by atoms with Crippen molar-refractivity contribution in [1.29, 1.82) is 0 Å². The van der Waals surface area contributed by atoms with Crippen molar-refractivity contribution in [3.05, 3.63) is 28.3 Å². The van der Waals surface area contributed by atoms with E-state index >= 15 is 0 Å². The zero-order valence-electron chi connectivity index (χ0n) is 12.8. The van der Waals surface area contributed by atoms with Gasteiger partial charge in [0.2, 0.25) is 0 Å². The average Bonchev–Trinajstić information content (AvgIpc) is 2.47. The van der Waals surface area contributed by atoms with Crippen LogP contribution in [0.2, 0.25) is 0 Å². The Morgan fingerprint density at radius 3 is 2.86 bits per heavy atom. The molecule has 21 heavy (non-hydrogen) atoms. The normalized spacial score (nSPS) is 22.1. The summed E-state index contributed by atoms with van der Waals surface area (Å²) in [6, 6.07) is 5.19. The van der Waals surface area contributed by atoms with Crippen LogP contribution in [0.4, 0.5) is 17.1 Å². The summed E-state index contributed by atoms with van der Waals surface area (Å²) in [6.07, 6.45) is 1.19. The minimum Gasteiger partial charge on any atom is -0.385 e. The van der Waals surface area contributed by atoms with E-state index in [1.165, 1.54) is 0 Å². The molecule has 0 aromatic heterocycles.